The van der Waals surface area contributed by atoms with Gasteiger partial charge in [0.15, 0.2) is 4.77 Å². The van der Waals surface area contributed by atoms with Gasteiger partial charge in [-0.25, -0.2) is 0 Å². The molecule has 0 aliphatic rings. The highest BCUT2D eigenvalue weighted by atomic mass is 32.1. The predicted molar refractivity (Wildman–Crippen MR) is 79.4 cm³/mol. The minimum Gasteiger partial charge on any atom is -0.494 e. The summed E-state index contributed by atoms with van der Waals surface area (Å²) in [6.45, 7) is 4.41. The van der Waals surface area contributed by atoms with Crippen LogP contribution < -0.4 is 4.74 Å². The minimum absolute atomic E-state index is 0.679. The van der Waals surface area contributed by atoms with Gasteiger partial charge in [0.1, 0.15) is 11.3 Å². The summed E-state index contributed by atoms with van der Waals surface area (Å²) in [7, 11) is 1.66. The van der Waals surface area contributed by atoms with Crippen molar-refractivity contribution in [2.45, 2.75) is 26.3 Å². The van der Waals surface area contributed by atoms with Gasteiger partial charge in [0.2, 0.25) is 0 Å². The number of hydrogen-bond acceptors (Lipinski definition) is 3. The van der Waals surface area contributed by atoms with Gasteiger partial charge in [0.25, 0.3) is 0 Å². The SMILES string of the molecule is CCCCOCCn1c(=S)[nH]c2c(OC)cccc21. The number of para-hydroxylation sites is 1. The molecule has 0 atom stereocenters. The van der Waals surface area contributed by atoms with Crippen LogP contribution in [-0.4, -0.2) is 29.9 Å². The Kier molecular flexibility index (Phi) is 4.99. The van der Waals surface area contributed by atoms with E-state index in [2.05, 4.69) is 16.5 Å². The molecule has 19 heavy (non-hydrogen) atoms. The van der Waals surface area contributed by atoms with E-state index in [1.807, 2.05) is 18.2 Å². The van der Waals surface area contributed by atoms with Gasteiger partial charge in [-0.2, -0.15) is 0 Å². The second-order valence-corrected chi connectivity index (χ2v) is 4.79. The summed E-state index contributed by atoms with van der Waals surface area (Å²) in [5, 5.41) is 0. The van der Waals surface area contributed by atoms with Crippen molar-refractivity contribution in [1.82, 2.24) is 9.55 Å². The molecule has 0 radical (unpaired) electrons. The fourth-order valence-corrected chi connectivity index (χ4v) is 2.34. The maximum absolute atomic E-state index is 5.60. The Hall–Kier alpha value is -1.33. The number of ether oxygens (including phenoxy) is 2. The van der Waals surface area contributed by atoms with Crippen LogP contribution in [0.3, 0.4) is 0 Å². The zero-order chi connectivity index (χ0) is 13.7. The lowest BCUT2D eigenvalue weighted by molar-refractivity contribution is 0.124. The molecule has 0 saturated carbocycles. The third-order valence-corrected chi connectivity index (χ3v) is 3.42. The molecule has 0 fully saturated rings. The number of nitrogens with one attached hydrogen (secondary N) is 1. The second kappa shape index (κ2) is 6.73. The summed E-state index contributed by atoms with van der Waals surface area (Å²) in [6.07, 6.45) is 2.26. The first-order chi connectivity index (χ1) is 9.27. The first-order valence-electron chi connectivity index (χ1n) is 6.61. The van der Waals surface area contributed by atoms with Crippen molar-refractivity contribution in [3.63, 3.8) is 0 Å². The van der Waals surface area contributed by atoms with E-state index in [-0.39, 0.29) is 0 Å². The zero-order valence-corrected chi connectivity index (χ0v) is 12.3. The van der Waals surface area contributed by atoms with Crippen LogP contribution in [0, 0.1) is 4.77 Å². The van der Waals surface area contributed by atoms with E-state index in [0.717, 1.165) is 42.8 Å². The molecule has 2 aromatic rings. The molecule has 1 heterocycles. The number of fused-ring (bicyclic) bond motifs is 1. The molecule has 0 bridgehead atoms. The Morgan fingerprint density at radius 2 is 2.16 bits per heavy atom. The lowest BCUT2D eigenvalue weighted by Gasteiger charge is -2.06. The third-order valence-electron chi connectivity index (χ3n) is 3.09. The molecule has 2 rings (SSSR count). The van der Waals surface area contributed by atoms with Gasteiger partial charge in [-0.05, 0) is 30.8 Å². The van der Waals surface area contributed by atoms with Crippen molar-refractivity contribution < 1.29 is 9.47 Å². The molecule has 0 amide bonds. The van der Waals surface area contributed by atoms with Gasteiger partial charge in [-0.3, -0.25) is 0 Å². The molecule has 1 N–H and O–H groups in total. The number of H-pyrrole nitrogens is 1. The van der Waals surface area contributed by atoms with Crippen LogP contribution in [0.2, 0.25) is 0 Å². The largest absolute Gasteiger partial charge is 0.494 e. The van der Waals surface area contributed by atoms with Crippen LogP contribution in [0.4, 0.5) is 0 Å². The molecule has 1 aromatic carbocycles. The Labute approximate surface area is 118 Å². The van der Waals surface area contributed by atoms with Crippen molar-refractivity contribution in [2.24, 2.45) is 0 Å². The molecule has 0 unspecified atom stereocenters. The highest BCUT2D eigenvalue weighted by Gasteiger charge is 2.08. The number of imidazole rings is 1. The Morgan fingerprint density at radius 3 is 2.89 bits per heavy atom. The van der Waals surface area contributed by atoms with Gasteiger partial charge in [0, 0.05) is 13.2 Å². The number of nitrogens with zero attached hydrogens (tertiary/aromatic N) is 1. The summed E-state index contributed by atoms with van der Waals surface area (Å²) in [5.41, 5.74) is 2.01. The van der Waals surface area contributed by atoms with Crippen molar-refractivity contribution in [3.8, 4) is 5.75 Å². The number of aromatic amines is 1. The molecule has 0 aliphatic carbocycles. The summed E-state index contributed by atoms with van der Waals surface area (Å²) < 4.78 is 13.7. The third kappa shape index (κ3) is 3.16. The minimum atomic E-state index is 0.679. The van der Waals surface area contributed by atoms with Crippen LogP contribution in [0.15, 0.2) is 18.2 Å². The highest BCUT2D eigenvalue weighted by molar-refractivity contribution is 7.71. The monoisotopic (exact) mass is 280 g/mol. The first kappa shape index (κ1) is 14.1. The van der Waals surface area contributed by atoms with E-state index in [4.69, 9.17) is 21.7 Å². The lowest BCUT2D eigenvalue weighted by atomic mass is 10.3. The molecule has 104 valence electrons. The summed E-state index contributed by atoms with van der Waals surface area (Å²) in [6, 6.07) is 5.93. The van der Waals surface area contributed by atoms with Crippen LogP contribution in [-0.2, 0) is 11.3 Å². The van der Waals surface area contributed by atoms with E-state index in [9.17, 15) is 0 Å². The molecule has 0 spiro atoms. The number of aromatic nitrogens is 2. The molecule has 5 heteroatoms. The molecule has 0 saturated heterocycles. The zero-order valence-electron chi connectivity index (χ0n) is 11.4. The van der Waals surface area contributed by atoms with Gasteiger partial charge in [0.05, 0.1) is 19.2 Å². The molecular formula is C14H20N2O2S. The standard InChI is InChI=1S/C14H20N2O2S/c1-3-4-9-18-10-8-16-11-6-5-7-12(17-2)13(11)15-14(16)19/h5-7H,3-4,8-10H2,1-2H3,(H,15,19). The van der Waals surface area contributed by atoms with Crippen LogP contribution in [0.25, 0.3) is 11.0 Å². The van der Waals surface area contributed by atoms with Gasteiger partial charge < -0.3 is 19.0 Å². The van der Waals surface area contributed by atoms with Crippen molar-refractivity contribution in [3.05, 3.63) is 23.0 Å². The topological polar surface area (TPSA) is 39.2 Å². The van der Waals surface area contributed by atoms with E-state index < -0.39 is 0 Å². The van der Waals surface area contributed by atoms with Gasteiger partial charge in [-0.1, -0.05) is 19.4 Å². The summed E-state index contributed by atoms with van der Waals surface area (Å²) in [5.74, 6) is 0.814. The van der Waals surface area contributed by atoms with Crippen LogP contribution in [0.5, 0.6) is 5.75 Å². The van der Waals surface area contributed by atoms with Crippen molar-refractivity contribution in [1.29, 1.82) is 0 Å². The lowest BCUT2D eigenvalue weighted by Crippen LogP contribution is -2.06. The smallest absolute Gasteiger partial charge is 0.178 e. The van der Waals surface area contributed by atoms with Crippen LogP contribution in [0.1, 0.15) is 19.8 Å². The second-order valence-electron chi connectivity index (χ2n) is 4.40. The van der Waals surface area contributed by atoms with Crippen LogP contribution >= 0.6 is 12.2 Å². The molecule has 0 aliphatic heterocycles. The summed E-state index contributed by atoms with van der Waals surface area (Å²) in [4.78, 5) is 3.20. The fraction of sp³-hybridized carbons (Fsp3) is 0.500. The molecule has 1 aromatic heterocycles. The number of benzene rings is 1. The van der Waals surface area contributed by atoms with Gasteiger partial charge >= 0.3 is 0 Å². The Morgan fingerprint density at radius 1 is 1.32 bits per heavy atom. The van der Waals surface area contributed by atoms with Crippen molar-refractivity contribution >= 4 is 23.3 Å². The number of hydrogen-bond donors (Lipinski definition) is 1. The summed E-state index contributed by atoms with van der Waals surface area (Å²) >= 11 is 5.36. The average Bonchev–Trinajstić information content (AvgIpc) is 2.74. The van der Waals surface area contributed by atoms with E-state index >= 15 is 0 Å². The van der Waals surface area contributed by atoms with Gasteiger partial charge in [-0.15, -0.1) is 0 Å². The molecular weight excluding hydrogens is 260 g/mol. The first-order valence-corrected chi connectivity index (χ1v) is 7.02. The predicted octanol–water partition coefficient (Wildman–Crippen LogP) is 3.52. The maximum Gasteiger partial charge on any atom is 0.178 e. The molecule has 4 nitrogen and oxygen atoms in total. The van der Waals surface area contributed by atoms with E-state index in [0.29, 0.717) is 11.4 Å². The van der Waals surface area contributed by atoms with E-state index in [1.165, 1.54) is 0 Å². The normalized spacial score (nSPS) is 11.1. The Bertz CT molecular complexity index is 589. The average molecular weight is 280 g/mol. The van der Waals surface area contributed by atoms with Crippen molar-refractivity contribution in [2.75, 3.05) is 20.3 Å². The number of rotatable bonds is 7. The van der Waals surface area contributed by atoms with E-state index in [1.54, 1.807) is 7.11 Å². The quantitative estimate of drug-likeness (QED) is 0.623. The number of unbranched alkanes of at least 4 members (excludes halogenated alkanes) is 1. The Balaban J connectivity index is 2.14. The number of methoxy groups -OCH3 is 1. The highest BCUT2D eigenvalue weighted by Crippen LogP contribution is 2.24. The fourth-order valence-electron chi connectivity index (χ4n) is 2.05. The maximum atomic E-state index is 5.60.